The first kappa shape index (κ1) is 23.3. The number of ether oxygens (including phenoxy) is 3. The Morgan fingerprint density at radius 2 is 1.87 bits per heavy atom. The predicted molar refractivity (Wildman–Crippen MR) is 98.4 cm³/mol. The maximum atomic E-state index is 13.8. The number of carbonyl (C=O) groups excluding carboxylic acids is 1. The molecule has 0 aliphatic carbocycles. The maximum absolute atomic E-state index is 13.8. The minimum absolute atomic E-state index is 0.0513. The van der Waals surface area contributed by atoms with Crippen LogP contribution in [0.5, 0.6) is 5.75 Å². The van der Waals surface area contributed by atoms with Gasteiger partial charge in [-0.05, 0) is 31.6 Å². The molecule has 2 rings (SSSR count). The van der Waals surface area contributed by atoms with Gasteiger partial charge in [-0.25, -0.2) is 4.79 Å². The van der Waals surface area contributed by atoms with Crippen LogP contribution >= 0.6 is 0 Å². The lowest BCUT2D eigenvalue weighted by Gasteiger charge is -2.36. The third kappa shape index (κ3) is 5.55. The molecule has 0 fully saturated rings. The lowest BCUT2D eigenvalue weighted by molar-refractivity contribution is -0.760. The summed E-state index contributed by atoms with van der Waals surface area (Å²) in [6.07, 6.45) is -4.16. The molecule has 30 heavy (non-hydrogen) atoms. The highest BCUT2D eigenvalue weighted by atomic mass is 19.4. The lowest BCUT2D eigenvalue weighted by atomic mass is 9.95. The van der Waals surface area contributed by atoms with Crippen LogP contribution in [0.15, 0.2) is 18.2 Å². The predicted octanol–water partition coefficient (Wildman–Crippen LogP) is 4.40. The van der Waals surface area contributed by atoms with Crippen molar-refractivity contribution in [2.24, 2.45) is 5.41 Å². The molecule has 1 aromatic rings. The Bertz CT molecular complexity index is 851. The van der Waals surface area contributed by atoms with Crippen molar-refractivity contribution in [3.8, 4) is 5.75 Å². The van der Waals surface area contributed by atoms with Gasteiger partial charge in [-0.1, -0.05) is 31.6 Å². The molecule has 1 heterocycles. The van der Waals surface area contributed by atoms with Gasteiger partial charge in [0.15, 0.2) is 0 Å². The number of rotatable bonds is 7. The van der Waals surface area contributed by atoms with E-state index in [9.17, 15) is 28.1 Å². The summed E-state index contributed by atoms with van der Waals surface area (Å²) in [6, 6.07) is 3.37. The van der Waals surface area contributed by atoms with Crippen LogP contribution in [0.1, 0.15) is 30.5 Å². The molecule has 0 bridgehead atoms. The number of benzene rings is 1. The first-order valence-corrected chi connectivity index (χ1v) is 8.88. The van der Waals surface area contributed by atoms with Crippen molar-refractivity contribution >= 4 is 12.2 Å². The van der Waals surface area contributed by atoms with Gasteiger partial charge in [-0.3, -0.25) is 0 Å². The topological polar surface area (TPSA) is 97.1 Å². The van der Waals surface area contributed by atoms with Crippen molar-refractivity contribution in [2.75, 3.05) is 19.8 Å². The fourth-order valence-electron chi connectivity index (χ4n) is 2.73. The minimum Gasteiger partial charge on any atom is -0.469 e. The summed E-state index contributed by atoms with van der Waals surface area (Å²) in [5, 5.41) is 9.25. The van der Waals surface area contributed by atoms with Crippen LogP contribution in [0.3, 0.4) is 0 Å². The molecule has 1 aromatic carbocycles. The molecule has 0 saturated heterocycles. The van der Waals surface area contributed by atoms with Crippen molar-refractivity contribution in [2.45, 2.75) is 39.5 Å². The zero-order chi connectivity index (χ0) is 22.7. The average Bonchev–Trinajstić information content (AvgIpc) is 2.62. The average molecular weight is 433 g/mol. The third-order valence-corrected chi connectivity index (χ3v) is 4.29. The van der Waals surface area contributed by atoms with E-state index in [1.54, 1.807) is 19.1 Å². The third-order valence-electron chi connectivity index (χ3n) is 4.29. The molecule has 1 aliphatic rings. The van der Waals surface area contributed by atoms with Gasteiger partial charge < -0.3 is 19.0 Å². The summed E-state index contributed by atoms with van der Waals surface area (Å²) in [5.41, 5.74) is -1.96. The number of aryl methyl sites for hydroxylation is 2. The smallest absolute Gasteiger partial charge is 0.469 e. The molecule has 1 aliphatic heterocycles. The van der Waals surface area contributed by atoms with Crippen LogP contribution in [0, 0.1) is 29.4 Å². The summed E-state index contributed by atoms with van der Waals surface area (Å²) in [6.45, 7) is 4.55. The molecule has 166 valence electrons. The number of carbonyl (C=O) groups is 1. The molecule has 0 saturated carbocycles. The number of hydrogen-bond acceptors (Lipinski definition) is 7. The summed E-state index contributed by atoms with van der Waals surface area (Å²) >= 11 is 0. The van der Waals surface area contributed by atoms with Crippen LogP contribution in [0.4, 0.5) is 18.0 Å². The fourth-order valence-corrected chi connectivity index (χ4v) is 2.73. The van der Waals surface area contributed by atoms with E-state index in [1.165, 1.54) is 19.9 Å². The van der Waals surface area contributed by atoms with E-state index in [-0.39, 0.29) is 19.0 Å². The lowest BCUT2D eigenvalue weighted by Crippen LogP contribution is -2.54. The van der Waals surface area contributed by atoms with Gasteiger partial charge >= 0.3 is 12.3 Å². The molecule has 11 heteroatoms. The molecule has 8 nitrogen and oxygen atoms in total. The van der Waals surface area contributed by atoms with E-state index >= 15 is 0 Å². The highest BCUT2D eigenvalue weighted by Gasteiger charge is 2.58. The van der Waals surface area contributed by atoms with Crippen molar-refractivity contribution < 1.29 is 42.1 Å². The first-order chi connectivity index (χ1) is 13.7. The van der Waals surface area contributed by atoms with Gasteiger partial charge in [0, 0.05) is 11.0 Å². The van der Waals surface area contributed by atoms with E-state index in [2.05, 4.69) is 9.57 Å². The Kier molecular flexibility index (Phi) is 6.53. The molecule has 0 amide bonds. The van der Waals surface area contributed by atoms with Gasteiger partial charge in [0.05, 0.1) is 0 Å². The molecular weight excluding hydrogens is 411 g/mol. The standard InChI is InChI=1S/C19H22F3NO7/c1-12-7-13(2)15-14(8-12)5-6-18(30-15,19(20,21)22)11-28-16(24)27-9-17(3,4)10-29-23(25)26/h5-8H,9-11H2,1-4H3. The Morgan fingerprint density at radius 3 is 2.47 bits per heavy atom. The molecule has 0 radical (unpaired) electrons. The van der Waals surface area contributed by atoms with E-state index in [1.807, 2.05) is 6.92 Å². The van der Waals surface area contributed by atoms with E-state index in [0.717, 1.165) is 11.6 Å². The van der Waals surface area contributed by atoms with Gasteiger partial charge in [-0.2, -0.15) is 13.2 Å². The number of alkyl halides is 3. The van der Waals surface area contributed by atoms with Gasteiger partial charge in [0.2, 0.25) is 0 Å². The van der Waals surface area contributed by atoms with Crippen LogP contribution in [0.2, 0.25) is 0 Å². The Hall–Kier alpha value is -2.98. The van der Waals surface area contributed by atoms with Crippen LogP contribution in [0.25, 0.3) is 6.08 Å². The largest absolute Gasteiger partial charge is 0.508 e. The van der Waals surface area contributed by atoms with Crippen molar-refractivity contribution in [3.05, 3.63) is 45.0 Å². The second-order valence-corrected chi connectivity index (χ2v) is 7.81. The van der Waals surface area contributed by atoms with E-state index in [0.29, 0.717) is 11.1 Å². The highest BCUT2D eigenvalue weighted by Crippen LogP contribution is 2.43. The van der Waals surface area contributed by atoms with Gasteiger partial charge in [0.1, 0.15) is 25.6 Å². The van der Waals surface area contributed by atoms with Crippen LogP contribution in [-0.2, 0) is 14.3 Å². The summed E-state index contributed by atoms with van der Waals surface area (Å²) in [4.78, 5) is 26.3. The number of fused-ring (bicyclic) bond motifs is 1. The molecular formula is C19H22F3NO7. The molecule has 1 unspecified atom stereocenters. The van der Waals surface area contributed by atoms with Crippen LogP contribution in [-0.4, -0.2) is 42.8 Å². The van der Waals surface area contributed by atoms with Crippen molar-refractivity contribution in [3.63, 3.8) is 0 Å². The summed E-state index contributed by atoms with van der Waals surface area (Å²) in [5.74, 6) is 0.0513. The van der Waals surface area contributed by atoms with Gasteiger partial charge in [0.25, 0.3) is 10.7 Å². The summed E-state index contributed by atoms with van der Waals surface area (Å²) in [7, 11) is 0. The maximum Gasteiger partial charge on any atom is 0.508 e. The monoisotopic (exact) mass is 433 g/mol. The minimum atomic E-state index is -4.88. The normalized spacial score (nSPS) is 18.2. The second-order valence-electron chi connectivity index (χ2n) is 7.81. The Balaban J connectivity index is 2.07. The Morgan fingerprint density at radius 1 is 1.20 bits per heavy atom. The highest BCUT2D eigenvalue weighted by molar-refractivity contribution is 5.65. The zero-order valence-corrected chi connectivity index (χ0v) is 16.9. The molecule has 0 spiro atoms. The van der Waals surface area contributed by atoms with E-state index < -0.39 is 35.0 Å². The summed E-state index contributed by atoms with van der Waals surface area (Å²) < 4.78 is 56.2. The first-order valence-electron chi connectivity index (χ1n) is 8.88. The number of nitrogens with zero attached hydrogens (tertiary/aromatic N) is 1. The zero-order valence-electron chi connectivity index (χ0n) is 16.9. The fraction of sp³-hybridized carbons (Fsp3) is 0.526. The Labute approximate surface area is 170 Å². The van der Waals surface area contributed by atoms with Crippen molar-refractivity contribution in [1.82, 2.24) is 0 Å². The SMILES string of the molecule is Cc1cc(C)c2c(c1)C=CC(COC(=O)OCC(C)(C)CO[N+](=O)[O-])(C(F)(F)F)O2. The number of hydrogen-bond donors (Lipinski definition) is 0. The quantitative estimate of drug-likeness (QED) is 0.357. The number of halogens is 3. The van der Waals surface area contributed by atoms with Crippen molar-refractivity contribution in [1.29, 1.82) is 0 Å². The second kappa shape index (κ2) is 8.41. The molecule has 0 aromatic heterocycles. The van der Waals surface area contributed by atoms with Gasteiger partial charge in [-0.15, -0.1) is 10.1 Å². The molecule has 1 atom stereocenters. The molecule has 0 N–H and O–H groups in total. The van der Waals surface area contributed by atoms with E-state index in [4.69, 9.17) is 9.47 Å². The van der Waals surface area contributed by atoms with Crippen LogP contribution < -0.4 is 4.74 Å².